The lowest BCUT2D eigenvalue weighted by Gasteiger charge is -2.15. The number of pyridine rings is 2. The Labute approximate surface area is 132 Å². The third-order valence-corrected chi connectivity index (χ3v) is 3.58. The van der Waals surface area contributed by atoms with E-state index in [1.54, 1.807) is 54.6 Å². The number of dihydropyridines is 1. The molecule has 0 unspecified atom stereocenters. The Kier molecular flexibility index (Phi) is 2.98. The van der Waals surface area contributed by atoms with Gasteiger partial charge in [0.2, 0.25) is 11.6 Å². The summed E-state index contributed by atoms with van der Waals surface area (Å²) in [6, 6.07) is 10.0. The first kappa shape index (κ1) is 13.3. The number of nitrogens with zero attached hydrogens (tertiary/aromatic N) is 2. The fourth-order valence-electron chi connectivity index (χ4n) is 2.48. The van der Waals surface area contributed by atoms with E-state index in [0.717, 1.165) is 5.70 Å². The topological polar surface area (TPSA) is 72.0 Å². The first-order chi connectivity index (χ1) is 11.2. The summed E-state index contributed by atoms with van der Waals surface area (Å²) in [5, 5.41) is 3.07. The smallest absolute Gasteiger partial charge is 0.229 e. The molecule has 1 N–H and O–H groups in total. The van der Waals surface area contributed by atoms with Gasteiger partial charge in [-0.3, -0.25) is 9.59 Å². The van der Waals surface area contributed by atoms with Gasteiger partial charge in [-0.15, -0.1) is 0 Å². The van der Waals surface area contributed by atoms with Crippen molar-refractivity contribution in [3.8, 4) is 0 Å². The summed E-state index contributed by atoms with van der Waals surface area (Å²) in [6.45, 7) is 0. The second kappa shape index (κ2) is 5.14. The average Bonchev–Trinajstić information content (AvgIpc) is 2.60. The van der Waals surface area contributed by atoms with Crippen LogP contribution in [0.1, 0.15) is 32.4 Å². The molecular formula is C18H11N3O2. The number of Topliss-reactive ketones (excluding diaryl/α,β-unsaturated/α-hetero) is 1. The van der Waals surface area contributed by atoms with E-state index in [1.165, 1.54) is 0 Å². The molecule has 0 saturated heterocycles. The number of fused-ring (bicyclic) bond motifs is 6. The first-order valence-corrected chi connectivity index (χ1v) is 7.11. The standard InChI is InChI=1S/C18H11N3O2/c22-17-13-6-1-4-11(19-13)10-12-5-2-7-14(20-12)18(23)16-9-3-8-15(17)21-16/h1-10,19H. The molecule has 4 rings (SSSR count). The van der Waals surface area contributed by atoms with Crippen molar-refractivity contribution < 1.29 is 9.59 Å². The highest BCUT2D eigenvalue weighted by Crippen LogP contribution is 2.16. The van der Waals surface area contributed by atoms with E-state index in [0.29, 0.717) is 17.1 Å². The van der Waals surface area contributed by atoms with Gasteiger partial charge in [0.1, 0.15) is 17.1 Å². The van der Waals surface area contributed by atoms with Crippen LogP contribution < -0.4 is 5.32 Å². The Hall–Kier alpha value is -3.34. The van der Waals surface area contributed by atoms with Crippen LogP contribution in [0.3, 0.4) is 0 Å². The maximum Gasteiger partial charge on any atom is 0.229 e. The second-order valence-electron chi connectivity index (χ2n) is 5.18. The van der Waals surface area contributed by atoms with Crippen molar-refractivity contribution in [2.75, 3.05) is 0 Å². The van der Waals surface area contributed by atoms with Gasteiger partial charge in [-0.1, -0.05) is 18.2 Å². The van der Waals surface area contributed by atoms with Crippen LogP contribution in [0.15, 0.2) is 66.0 Å². The molecule has 6 bridgehead atoms. The summed E-state index contributed by atoms with van der Waals surface area (Å²) >= 11 is 0. The van der Waals surface area contributed by atoms with Crippen molar-refractivity contribution in [2.45, 2.75) is 0 Å². The normalized spacial score (nSPS) is 15.8. The van der Waals surface area contributed by atoms with Gasteiger partial charge in [-0.05, 0) is 42.5 Å². The Balaban J connectivity index is 1.97. The Morgan fingerprint density at radius 3 is 2.35 bits per heavy atom. The van der Waals surface area contributed by atoms with Crippen LogP contribution in [0.4, 0.5) is 0 Å². The molecule has 2 aliphatic heterocycles. The van der Waals surface area contributed by atoms with Crippen molar-refractivity contribution in [2.24, 2.45) is 0 Å². The van der Waals surface area contributed by atoms with Crippen LogP contribution in [0.2, 0.25) is 0 Å². The predicted octanol–water partition coefficient (Wildman–Crippen LogP) is 2.29. The molecule has 4 heterocycles. The van der Waals surface area contributed by atoms with E-state index < -0.39 is 0 Å². The molecule has 5 nitrogen and oxygen atoms in total. The van der Waals surface area contributed by atoms with Crippen LogP contribution in [-0.2, 0) is 0 Å². The Morgan fingerprint density at radius 2 is 1.52 bits per heavy atom. The summed E-state index contributed by atoms with van der Waals surface area (Å²) in [5.41, 5.74) is 2.50. The van der Waals surface area contributed by atoms with E-state index in [1.807, 2.05) is 6.08 Å². The highest BCUT2D eigenvalue weighted by Gasteiger charge is 2.20. The van der Waals surface area contributed by atoms with Crippen molar-refractivity contribution >= 4 is 17.6 Å². The van der Waals surface area contributed by atoms with Crippen molar-refractivity contribution in [1.82, 2.24) is 15.3 Å². The number of carbonyl (C=O) groups excluding carboxylic acids is 2. The molecule has 23 heavy (non-hydrogen) atoms. The van der Waals surface area contributed by atoms with Gasteiger partial charge >= 0.3 is 0 Å². The van der Waals surface area contributed by atoms with Gasteiger partial charge in [0.05, 0.1) is 11.4 Å². The maximum absolute atomic E-state index is 12.6. The predicted molar refractivity (Wildman–Crippen MR) is 84.6 cm³/mol. The lowest BCUT2D eigenvalue weighted by molar-refractivity contribution is 0.102. The number of rotatable bonds is 0. The van der Waals surface area contributed by atoms with E-state index >= 15 is 0 Å². The largest absolute Gasteiger partial charge is 0.352 e. The Morgan fingerprint density at radius 1 is 0.826 bits per heavy atom. The van der Waals surface area contributed by atoms with Crippen LogP contribution in [0.5, 0.6) is 0 Å². The molecule has 0 spiro atoms. The minimum absolute atomic E-state index is 0.206. The number of allylic oxidation sites excluding steroid dienone is 4. The van der Waals surface area contributed by atoms with Gasteiger partial charge in [-0.2, -0.15) is 0 Å². The molecule has 0 amide bonds. The molecule has 0 fully saturated rings. The highest BCUT2D eigenvalue weighted by atomic mass is 16.1. The summed E-state index contributed by atoms with van der Waals surface area (Å²) in [5.74, 6) is -0.560. The zero-order valence-electron chi connectivity index (χ0n) is 12.0. The number of aromatic nitrogens is 2. The SMILES string of the molecule is O=C1C2=CC=CC(=Cc3cccc(n3)C(=O)c3cccc1n3)N2. The van der Waals surface area contributed by atoms with Gasteiger partial charge in [-0.25, -0.2) is 9.97 Å². The quantitative estimate of drug-likeness (QED) is 0.808. The summed E-state index contributed by atoms with van der Waals surface area (Å²) in [6.07, 6.45) is 7.10. The van der Waals surface area contributed by atoms with Gasteiger partial charge in [0.25, 0.3) is 0 Å². The lowest BCUT2D eigenvalue weighted by Crippen LogP contribution is -2.23. The van der Waals surface area contributed by atoms with Crippen LogP contribution >= 0.6 is 0 Å². The third kappa shape index (κ3) is 2.38. The molecule has 5 heteroatoms. The lowest BCUT2D eigenvalue weighted by atomic mass is 10.1. The molecule has 0 atom stereocenters. The monoisotopic (exact) mass is 301 g/mol. The maximum atomic E-state index is 12.6. The fourth-order valence-corrected chi connectivity index (χ4v) is 2.48. The van der Waals surface area contributed by atoms with Crippen molar-refractivity contribution in [1.29, 1.82) is 0 Å². The molecule has 0 radical (unpaired) electrons. The van der Waals surface area contributed by atoms with Crippen molar-refractivity contribution in [3.63, 3.8) is 0 Å². The van der Waals surface area contributed by atoms with E-state index in [9.17, 15) is 9.59 Å². The molecule has 0 aliphatic carbocycles. The zero-order valence-corrected chi connectivity index (χ0v) is 12.0. The van der Waals surface area contributed by atoms with Crippen molar-refractivity contribution in [3.05, 3.63) is 88.8 Å². The van der Waals surface area contributed by atoms with E-state index in [-0.39, 0.29) is 23.0 Å². The summed E-state index contributed by atoms with van der Waals surface area (Å²) in [4.78, 5) is 33.7. The van der Waals surface area contributed by atoms with Gasteiger partial charge in [0.15, 0.2) is 0 Å². The third-order valence-electron chi connectivity index (χ3n) is 3.58. The van der Waals surface area contributed by atoms with Gasteiger partial charge < -0.3 is 5.32 Å². The first-order valence-electron chi connectivity index (χ1n) is 7.11. The zero-order chi connectivity index (χ0) is 15.8. The number of nitrogens with one attached hydrogen (secondary N) is 1. The summed E-state index contributed by atoms with van der Waals surface area (Å²) in [7, 11) is 0. The second-order valence-corrected chi connectivity index (χ2v) is 5.18. The molecule has 2 aromatic rings. The van der Waals surface area contributed by atoms with E-state index in [4.69, 9.17) is 0 Å². The number of ketones is 2. The highest BCUT2D eigenvalue weighted by molar-refractivity contribution is 6.10. The number of hydrogen-bond acceptors (Lipinski definition) is 5. The molecule has 0 aromatic carbocycles. The molecule has 110 valence electrons. The van der Waals surface area contributed by atoms with Crippen LogP contribution in [-0.4, -0.2) is 21.5 Å². The van der Waals surface area contributed by atoms with Gasteiger partial charge in [0, 0.05) is 5.70 Å². The Bertz CT molecular complexity index is 939. The number of carbonyl (C=O) groups is 2. The molecule has 2 aromatic heterocycles. The average molecular weight is 301 g/mol. The minimum atomic E-state index is -0.303. The van der Waals surface area contributed by atoms with Crippen LogP contribution in [0, 0.1) is 0 Å². The molecule has 0 saturated carbocycles. The van der Waals surface area contributed by atoms with E-state index in [2.05, 4.69) is 15.3 Å². The number of hydrogen-bond donors (Lipinski definition) is 1. The molecule has 2 aliphatic rings. The fraction of sp³-hybridized carbons (Fsp3) is 0. The summed E-state index contributed by atoms with van der Waals surface area (Å²) < 4.78 is 0. The minimum Gasteiger partial charge on any atom is -0.352 e. The van der Waals surface area contributed by atoms with Crippen LogP contribution in [0.25, 0.3) is 6.08 Å². The molecular weight excluding hydrogens is 290 g/mol.